The highest BCUT2D eigenvalue weighted by Gasteiger charge is 2.05. The van der Waals surface area contributed by atoms with Gasteiger partial charge in [0.25, 0.3) is 0 Å². The lowest BCUT2D eigenvalue weighted by Gasteiger charge is -2.04. The molecule has 2 heteroatoms. The molecule has 0 bridgehead atoms. The number of hydrogen-bond donors (Lipinski definition) is 0. The van der Waals surface area contributed by atoms with Gasteiger partial charge in [-0.3, -0.25) is 0 Å². The summed E-state index contributed by atoms with van der Waals surface area (Å²) in [7, 11) is 0. The summed E-state index contributed by atoms with van der Waals surface area (Å²) < 4.78 is 5.07. The second-order valence-electron chi connectivity index (χ2n) is 5.73. The fourth-order valence-electron chi connectivity index (χ4n) is 1.99. The van der Waals surface area contributed by atoms with E-state index < -0.39 is 0 Å². The van der Waals surface area contributed by atoms with Gasteiger partial charge in [0.1, 0.15) is 0 Å². The average Bonchev–Trinajstić information content (AvgIpc) is 2.70. The van der Waals surface area contributed by atoms with Gasteiger partial charge in [0, 0.05) is 5.57 Å². The minimum atomic E-state index is -0.291. The minimum absolute atomic E-state index is 0.291. The van der Waals surface area contributed by atoms with Gasteiger partial charge in [-0.05, 0) is 24.0 Å². The van der Waals surface area contributed by atoms with Gasteiger partial charge < -0.3 is 4.74 Å². The third kappa shape index (κ3) is 9.43. The molecule has 0 heterocycles. The molecule has 0 saturated carbocycles. The Morgan fingerprint density at radius 3 is 2.08 bits per heavy atom. The van der Waals surface area contributed by atoms with Crippen LogP contribution in [0.4, 0.5) is 0 Å². The van der Waals surface area contributed by atoms with Crippen molar-refractivity contribution in [3.05, 3.63) is 96.6 Å². The second kappa shape index (κ2) is 13.4. The number of hydrogen-bond acceptors (Lipinski definition) is 2. The Morgan fingerprint density at radius 2 is 1.58 bits per heavy atom. The van der Waals surface area contributed by atoms with Crippen LogP contribution in [0.25, 0.3) is 12.2 Å². The zero-order valence-corrected chi connectivity index (χ0v) is 15.6. The van der Waals surface area contributed by atoms with Crippen molar-refractivity contribution in [3.63, 3.8) is 0 Å². The number of rotatable bonds is 8. The van der Waals surface area contributed by atoms with Crippen LogP contribution >= 0.6 is 0 Å². The fraction of sp³-hybridized carbons (Fsp3) is 0.208. The fourth-order valence-corrected chi connectivity index (χ4v) is 1.99. The quantitative estimate of drug-likeness (QED) is 0.317. The van der Waals surface area contributed by atoms with Gasteiger partial charge in [0.05, 0.1) is 6.61 Å². The largest absolute Gasteiger partial charge is 0.462 e. The summed E-state index contributed by atoms with van der Waals surface area (Å²) in [5, 5.41) is 0. The number of carbonyl (C=O) groups is 1. The molecule has 0 aliphatic carbocycles. The Morgan fingerprint density at radius 1 is 1.00 bits per heavy atom. The van der Waals surface area contributed by atoms with E-state index in [9.17, 15) is 4.79 Å². The highest BCUT2D eigenvalue weighted by Crippen LogP contribution is 2.07. The molecule has 2 aromatic carbocycles. The van der Waals surface area contributed by atoms with Crippen molar-refractivity contribution in [3.8, 4) is 0 Å². The van der Waals surface area contributed by atoms with Gasteiger partial charge in [-0.1, -0.05) is 105 Å². The van der Waals surface area contributed by atoms with Crippen molar-refractivity contribution >= 4 is 18.1 Å². The summed E-state index contributed by atoms with van der Waals surface area (Å²) in [5.74, 6) is -0.291. The van der Waals surface area contributed by atoms with E-state index in [0.717, 1.165) is 18.4 Å². The molecule has 2 rings (SSSR count). The third-order valence-electron chi connectivity index (χ3n) is 3.53. The maximum atomic E-state index is 11.5. The zero-order chi connectivity index (χ0) is 19.0. The van der Waals surface area contributed by atoms with Crippen LogP contribution in [0.5, 0.6) is 0 Å². The average molecular weight is 348 g/mol. The van der Waals surface area contributed by atoms with Crippen LogP contribution in [0.15, 0.2) is 85.5 Å². The third-order valence-corrected chi connectivity index (χ3v) is 3.53. The molecule has 0 spiro atoms. The van der Waals surface area contributed by atoms with E-state index in [1.807, 2.05) is 78.9 Å². The Bertz CT molecular complexity index is 685. The Balaban J connectivity index is 0.000000350. The number of benzene rings is 2. The number of ether oxygens (including phenoxy) is 1. The molecule has 0 aromatic heterocycles. The van der Waals surface area contributed by atoms with Gasteiger partial charge in [-0.25, -0.2) is 4.79 Å². The maximum absolute atomic E-state index is 11.5. The van der Waals surface area contributed by atoms with E-state index in [-0.39, 0.29) is 5.97 Å². The standard InChI is InChI=1S/C16H20O2.C8H8/c1-3-4-13-18-16(17)14(2)9-8-12-15-10-6-5-7-11-15;1-2-8-6-4-3-5-7-8/h5-8,10-12H,2-4,9,13H2,1H3;2-7H,1H2. The highest BCUT2D eigenvalue weighted by molar-refractivity contribution is 5.88. The van der Waals surface area contributed by atoms with Crippen LogP contribution in [-0.4, -0.2) is 12.6 Å². The van der Waals surface area contributed by atoms with Crippen molar-refractivity contribution in [2.24, 2.45) is 0 Å². The van der Waals surface area contributed by atoms with E-state index in [0.29, 0.717) is 18.6 Å². The minimum Gasteiger partial charge on any atom is -0.462 e. The molecule has 0 fully saturated rings. The molecular weight excluding hydrogens is 320 g/mol. The summed E-state index contributed by atoms with van der Waals surface area (Å²) >= 11 is 0. The molecule has 2 nitrogen and oxygen atoms in total. The molecule has 0 N–H and O–H groups in total. The summed E-state index contributed by atoms with van der Waals surface area (Å²) in [6.45, 7) is 9.91. The molecule has 0 aliphatic heterocycles. The first-order valence-electron chi connectivity index (χ1n) is 8.91. The van der Waals surface area contributed by atoms with Crippen molar-refractivity contribution in [2.75, 3.05) is 6.61 Å². The summed E-state index contributed by atoms with van der Waals surface area (Å²) in [4.78, 5) is 11.5. The van der Waals surface area contributed by atoms with Crippen molar-refractivity contribution in [1.82, 2.24) is 0 Å². The molecular formula is C24H28O2. The molecule has 0 aliphatic rings. The molecule has 0 amide bonds. The first-order chi connectivity index (χ1) is 12.7. The topological polar surface area (TPSA) is 26.3 Å². The van der Waals surface area contributed by atoms with Gasteiger partial charge >= 0.3 is 5.97 Å². The lowest BCUT2D eigenvalue weighted by atomic mass is 10.1. The first-order valence-corrected chi connectivity index (χ1v) is 8.91. The number of unbranched alkanes of at least 4 members (excludes halogenated alkanes) is 1. The Hall–Kier alpha value is -2.87. The van der Waals surface area contributed by atoms with Crippen LogP contribution in [0.2, 0.25) is 0 Å². The second-order valence-corrected chi connectivity index (χ2v) is 5.73. The van der Waals surface area contributed by atoms with Crippen molar-refractivity contribution < 1.29 is 9.53 Å². The smallest absolute Gasteiger partial charge is 0.333 e. The number of allylic oxidation sites excluding steroid dienone is 1. The van der Waals surface area contributed by atoms with E-state index in [2.05, 4.69) is 20.1 Å². The number of esters is 1. The van der Waals surface area contributed by atoms with Crippen molar-refractivity contribution in [2.45, 2.75) is 26.2 Å². The lowest BCUT2D eigenvalue weighted by molar-refractivity contribution is -0.139. The van der Waals surface area contributed by atoms with E-state index >= 15 is 0 Å². The molecule has 0 saturated heterocycles. The summed E-state index contributed by atoms with van der Waals surface area (Å²) in [6, 6.07) is 20.0. The van der Waals surface area contributed by atoms with Gasteiger partial charge in [-0.15, -0.1) is 0 Å². The molecule has 2 aromatic rings. The molecule has 26 heavy (non-hydrogen) atoms. The van der Waals surface area contributed by atoms with E-state index in [4.69, 9.17) is 4.74 Å². The molecule has 0 atom stereocenters. The molecule has 136 valence electrons. The van der Waals surface area contributed by atoms with Crippen LogP contribution in [-0.2, 0) is 9.53 Å². The predicted octanol–water partition coefficient (Wildman–Crippen LogP) is 6.32. The monoisotopic (exact) mass is 348 g/mol. The Kier molecular flexibility index (Phi) is 10.9. The summed E-state index contributed by atoms with van der Waals surface area (Å²) in [6.07, 6.45) is 8.19. The van der Waals surface area contributed by atoms with E-state index in [1.165, 1.54) is 5.56 Å². The Labute approximate surface area is 157 Å². The van der Waals surface area contributed by atoms with Crippen molar-refractivity contribution in [1.29, 1.82) is 0 Å². The predicted molar refractivity (Wildman–Crippen MR) is 112 cm³/mol. The highest BCUT2D eigenvalue weighted by atomic mass is 16.5. The lowest BCUT2D eigenvalue weighted by Crippen LogP contribution is -2.07. The van der Waals surface area contributed by atoms with Crippen LogP contribution < -0.4 is 0 Å². The summed E-state index contributed by atoms with van der Waals surface area (Å²) in [5.41, 5.74) is 2.79. The van der Waals surface area contributed by atoms with Gasteiger partial charge in [0.2, 0.25) is 0 Å². The van der Waals surface area contributed by atoms with Crippen LogP contribution in [0.3, 0.4) is 0 Å². The zero-order valence-electron chi connectivity index (χ0n) is 15.6. The SMILES string of the molecule is C=C(CC=Cc1ccccc1)C(=O)OCCCC.C=Cc1ccccc1. The van der Waals surface area contributed by atoms with Crippen LogP contribution in [0.1, 0.15) is 37.3 Å². The number of carbonyl (C=O) groups excluding carboxylic acids is 1. The molecule has 0 radical (unpaired) electrons. The van der Waals surface area contributed by atoms with Gasteiger partial charge in [-0.2, -0.15) is 0 Å². The van der Waals surface area contributed by atoms with Gasteiger partial charge in [0.15, 0.2) is 0 Å². The molecule has 0 unspecified atom stereocenters. The van der Waals surface area contributed by atoms with E-state index in [1.54, 1.807) is 0 Å². The van der Waals surface area contributed by atoms with Crippen LogP contribution in [0, 0.1) is 0 Å². The first kappa shape index (κ1) is 21.2. The maximum Gasteiger partial charge on any atom is 0.333 e. The normalized spacial score (nSPS) is 9.88.